The summed E-state index contributed by atoms with van der Waals surface area (Å²) in [6.45, 7) is 1.90. The molecule has 0 radical (unpaired) electrons. The summed E-state index contributed by atoms with van der Waals surface area (Å²) in [6, 6.07) is 32.0. The van der Waals surface area contributed by atoms with Gasteiger partial charge in [-0.1, -0.05) is 54.6 Å². The molecule has 8 heteroatoms. The van der Waals surface area contributed by atoms with Gasteiger partial charge >= 0.3 is 0 Å². The van der Waals surface area contributed by atoms with Gasteiger partial charge < -0.3 is 4.42 Å². The van der Waals surface area contributed by atoms with Crippen molar-refractivity contribution >= 4 is 28.6 Å². The normalized spacial score (nSPS) is 11.5. The topological polar surface area (TPSA) is 118 Å². The molecule has 0 aliphatic carbocycles. The second-order valence-electron chi connectivity index (χ2n) is 6.28. The van der Waals surface area contributed by atoms with Crippen molar-refractivity contribution in [3.8, 4) is 0 Å². The fourth-order valence-corrected chi connectivity index (χ4v) is 7.35. The zero-order valence-corrected chi connectivity index (χ0v) is 17.7. The van der Waals surface area contributed by atoms with E-state index in [1.165, 1.54) is 15.9 Å². The molecule has 0 unspecified atom stereocenters. The molecule has 4 rings (SSSR count). The van der Waals surface area contributed by atoms with Crippen LogP contribution in [0.1, 0.15) is 5.89 Å². The summed E-state index contributed by atoms with van der Waals surface area (Å²) in [5.74, 6) is 0.696. The highest BCUT2D eigenvalue weighted by Crippen LogP contribution is 2.53. The van der Waals surface area contributed by atoms with Crippen LogP contribution in [0, 0.1) is 17.2 Å². The summed E-state index contributed by atoms with van der Waals surface area (Å²) >= 11 is 0. The first-order chi connectivity index (χ1) is 14.3. The van der Waals surface area contributed by atoms with Crippen LogP contribution in [0.2, 0.25) is 0 Å². The van der Waals surface area contributed by atoms with Crippen molar-refractivity contribution in [2.24, 2.45) is 0 Å². The van der Waals surface area contributed by atoms with E-state index in [9.17, 15) is 0 Å². The van der Waals surface area contributed by atoms with Crippen LogP contribution in [0.15, 0.2) is 102 Å². The van der Waals surface area contributed by atoms with Crippen molar-refractivity contribution in [2.75, 3.05) is 0 Å². The van der Waals surface area contributed by atoms with E-state index >= 15 is 0 Å². The molecule has 6 nitrogen and oxygen atoms in total. The van der Waals surface area contributed by atoms with Crippen LogP contribution in [0.25, 0.3) is 0 Å². The predicted molar refractivity (Wildman–Crippen MR) is 106 cm³/mol. The Morgan fingerprint density at radius 2 is 1.00 bits per heavy atom. The summed E-state index contributed by atoms with van der Waals surface area (Å²) in [6.07, 6.45) is 1.83. The van der Waals surface area contributed by atoms with Crippen LogP contribution in [0.5, 0.6) is 0 Å². The minimum atomic E-state index is -4.94. The highest BCUT2D eigenvalue weighted by atomic mass is 35.7. The van der Waals surface area contributed by atoms with E-state index in [0.29, 0.717) is 5.89 Å². The molecular formula is C22H19ClNO5P. The molecule has 4 aromatic rings. The zero-order chi connectivity index (χ0) is 21.6. The number of hydrogen-bond acceptors (Lipinski definition) is 6. The van der Waals surface area contributed by atoms with Gasteiger partial charge in [-0.3, -0.25) is 0 Å². The maximum Gasteiger partial charge on any atom is 0.236 e. The Labute approximate surface area is 177 Å². The fraction of sp³-hybridized carbons (Fsp3) is 0.0455. The summed E-state index contributed by atoms with van der Waals surface area (Å²) in [4.78, 5) is 4.80. The lowest BCUT2D eigenvalue weighted by Gasteiger charge is -2.24. The van der Waals surface area contributed by atoms with Crippen LogP contribution in [-0.2, 0) is 0 Å². The van der Waals surface area contributed by atoms with E-state index in [1.807, 2.05) is 13.2 Å². The van der Waals surface area contributed by atoms with E-state index in [2.05, 4.69) is 91.0 Å². The smallest absolute Gasteiger partial charge is 0.236 e. The van der Waals surface area contributed by atoms with Crippen molar-refractivity contribution in [3.63, 3.8) is 0 Å². The summed E-state index contributed by atoms with van der Waals surface area (Å²) in [5, 5.41) is 3.84. The second-order valence-corrected chi connectivity index (χ2v) is 10.4. The number of nitrogens with zero attached hydrogens (tertiary/aromatic N) is 1. The van der Waals surface area contributed by atoms with Crippen molar-refractivity contribution in [1.29, 1.82) is 0 Å². The SMILES string of the molecule is Cc1nc([P+](c2ccccc2)(c2ccccc2)c2ccccc2)co1.[O-][Cl+3]([O-])([O-])[O-]. The van der Waals surface area contributed by atoms with Crippen LogP contribution < -0.4 is 40.0 Å². The molecule has 0 spiro atoms. The Hall–Kier alpha value is -2.57. The van der Waals surface area contributed by atoms with Crippen molar-refractivity contribution < 1.29 is 33.3 Å². The number of rotatable bonds is 4. The largest absolute Gasteiger partial charge is 0.445 e. The predicted octanol–water partition coefficient (Wildman–Crippen LogP) is -1.15. The van der Waals surface area contributed by atoms with Gasteiger partial charge in [0.05, 0.1) is 0 Å². The lowest BCUT2D eigenvalue weighted by Crippen LogP contribution is -2.68. The molecular weight excluding hydrogens is 425 g/mol. The molecule has 154 valence electrons. The van der Waals surface area contributed by atoms with Gasteiger partial charge in [0.1, 0.15) is 15.9 Å². The third-order valence-corrected chi connectivity index (χ3v) is 8.49. The molecule has 1 heterocycles. The molecule has 0 atom stereocenters. The van der Waals surface area contributed by atoms with Gasteiger partial charge in [-0.25, -0.2) is 18.6 Å². The van der Waals surface area contributed by atoms with E-state index < -0.39 is 17.5 Å². The van der Waals surface area contributed by atoms with Gasteiger partial charge in [-0.15, -0.1) is 10.2 Å². The third kappa shape index (κ3) is 5.12. The molecule has 0 saturated carbocycles. The first-order valence-corrected chi connectivity index (χ1v) is 11.9. The van der Waals surface area contributed by atoms with Crippen molar-refractivity contribution in [1.82, 2.24) is 4.98 Å². The molecule has 0 aliphatic rings. The zero-order valence-electron chi connectivity index (χ0n) is 16.1. The van der Waals surface area contributed by atoms with E-state index in [4.69, 9.17) is 28.0 Å². The molecule has 0 aliphatic heterocycles. The Bertz CT molecular complexity index is 950. The van der Waals surface area contributed by atoms with E-state index in [-0.39, 0.29) is 0 Å². The average Bonchev–Trinajstić information content (AvgIpc) is 3.16. The third-order valence-electron chi connectivity index (χ3n) is 4.38. The first kappa shape index (κ1) is 22.1. The molecule has 0 amide bonds. The minimum Gasteiger partial charge on any atom is -0.445 e. The number of hydrogen-bond donors (Lipinski definition) is 0. The number of benzene rings is 3. The Kier molecular flexibility index (Phi) is 7.00. The van der Waals surface area contributed by atoms with Crippen LogP contribution in [-0.4, -0.2) is 4.98 Å². The van der Waals surface area contributed by atoms with Crippen molar-refractivity contribution in [3.05, 3.63) is 103 Å². The van der Waals surface area contributed by atoms with Gasteiger partial charge in [-0.05, 0) is 36.4 Å². The summed E-state index contributed by atoms with van der Waals surface area (Å²) in [7, 11) is -7.03. The second kappa shape index (κ2) is 9.49. The van der Waals surface area contributed by atoms with Crippen LogP contribution >= 0.6 is 7.26 Å². The Morgan fingerprint density at radius 1 is 0.667 bits per heavy atom. The van der Waals surface area contributed by atoms with Gasteiger partial charge in [0.25, 0.3) is 0 Å². The molecule has 0 N–H and O–H groups in total. The van der Waals surface area contributed by atoms with Crippen molar-refractivity contribution in [2.45, 2.75) is 6.92 Å². The minimum absolute atomic E-state index is 0.696. The highest BCUT2D eigenvalue weighted by Gasteiger charge is 2.50. The molecule has 0 fully saturated rings. The maximum absolute atomic E-state index is 8.49. The Morgan fingerprint density at radius 3 is 1.27 bits per heavy atom. The maximum atomic E-state index is 8.49. The highest BCUT2D eigenvalue weighted by molar-refractivity contribution is 8.01. The van der Waals surface area contributed by atoms with E-state index in [1.54, 1.807) is 0 Å². The number of aromatic nitrogens is 1. The lowest BCUT2D eigenvalue weighted by atomic mass is 10.4. The molecule has 30 heavy (non-hydrogen) atoms. The van der Waals surface area contributed by atoms with Gasteiger partial charge in [-0.2, -0.15) is 4.98 Å². The molecule has 0 bridgehead atoms. The standard InChI is InChI=1S/C22H19NOP.ClHO4/c1-18-23-22(17-24-18)25(19-11-5-2-6-12-19,20-13-7-3-8-14-20)21-15-9-4-10-16-21;2-1(3,4)5/h2-17H,1H3;(H,2,3,4,5)/q+1;/p-1. The quantitative estimate of drug-likeness (QED) is 0.367. The number of halogens is 1. The monoisotopic (exact) mass is 443 g/mol. The fourth-order valence-electron chi connectivity index (χ4n) is 3.30. The number of aryl methyl sites for hydroxylation is 1. The van der Waals surface area contributed by atoms with E-state index in [0.717, 1.165) is 5.44 Å². The van der Waals surface area contributed by atoms with Gasteiger partial charge in [0.2, 0.25) is 5.44 Å². The summed E-state index contributed by atoms with van der Waals surface area (Å²) < 4.78 is 39.6. The van der Waals surface area contributed by atoms with Crippen LogP contribution in [0.3, 0.4) is 0 Å². The average molecular weight is 444 g/mol. The molecule has 0 saturated heterocycles. The van der Waals surface area contributed by atoms with Gasteiger partial charge in [0, 0.05) is 6.92 Å². The van der Waals surface area contributed by atoms with Crippen LogP contribution in [0.4, 0.5) is 0 Å². The molecule has 3 aromatic carbocycles. The van der Waals surface area contributed by atoms with Gasteiger partial charge in [0.15, 0.2) is 19.4 Å². The lowest BCUT2D eigenvalue weighted by molar-refractivity contribution is -2.00. The summed E-state index contributed by atoms with van der Waals surface area (Å²) in [5.41, 5.74) is 1.01. The molecule has 1 aromatic heterocycles. The Balaban J connectivity index is 0.000000461. The first-order valence-electron chi connectivity index (χ1n) is 8.92. The number of oxazole rings is 1.